The SMILES string of the molecule is NCC1(c2cc(F)cc(C(F)(F)F)c2)CC1. The minimum Gasteiger partial charge on any atom is -0.330 e. The molecule has 88 valence electrons. The fraction of sp³-hybridized carbons (Fsp3) is 0.455. The minimum atomic E-state index is -4.51. The third-order valence-corrected chi connectivity index (χ3v) is 3.08. The highest BCUT2D eigenvalue weighted by Crippen LogP contribution is 2.48. The number of hydrogen-bond donors (Lipinski definition) is 1. The lowest BCUT2D eigenvalue weighted by Gasteiger charge is -2.15. The van der Waals surface area contributed by atoms with E-state index in [-0.39, 0.29) is 6.54 Å². The molecule has 0 saturated heterocycles. The van der Waals surface area contributed by atoms with Crippen molar-refractivity contribution in [1.82, 2.24) is 0 Å². The number of rotatable bonds is 2. The molecule has 0 atom stereocenters. The fourth-order valence-corrected chi connectivity index (χ4v) is 1.82. The van der Waals surface area contributed by atoms with Crippen LogP contribution in [-0.2, 0) is 11.6 Å². The first-order valence-electron chi connectivity index (χ1n) is 4.96. The third-order valence-electron chi connectivity index (χ3n) is 3.08. The predicted octanol–water partition coefficient (Wildman–Crippen LogP) is 2.83. The van der Waals surface area contributed by atoms with Gasteiger partial charge in [-0.15, -0.1) is 0 Å². The van der Waals surface area contributed by atoms with Gasteiger partial charge < -0.3 is 5.73 Å². The Morgan fingerprint density at radius 2 is 1.81 bits per heavy atom. The van der Waals surface area contributed by atoms with E-state index < -0.39 is 23.0 Å². The molecule has 0 aliphatic heterocycles. The first-order chi connectivity index (χ1) is 7.37. The quantitative estimate of drug-likeness (QED) is 0.781. The van der Waals surface area contributed by atoms with Crippen molar-refractivity contribution >= 4 is 0 Å². The Morgan fingerprint density at radius 1 is 1.19 bits per heavy atom. The van der Waals surface area contributed by atoms with Crippen LogP contribution in [0, 0.1) is 5.82 Å². The number of alkyl halides is 3. The van der Waals surface area contributed by atoms with Gasteiger partial charge in [0.25, 0.3) is 0 Å². The summed E-state index contributed by atoms with van der Waals surface area (Å²) in [4.78, 5) is 0. The lowest BCUT2D eigenvalue weighted by Crippen LogP contribution is -2.20. The minimum absolute atomic E-state index is 0.258. The highest BCUT2D eigenvalue weighted by Gasteiger charge is 2.44. The molecule has 2 rings (SSSR count). The molecule has 0 spiro atoms. The summed E-state index contributed by atoms with van der Waals surface area (Å²) in [6.07, 6.45) is -3.06. The van der Waals surface area contributed by atoms with E-state index in [2.05, 4.69) is 0 Å². The maximum absolute atomic E-state index is 13.1. The molecular weight excluding hydrogens is 222 g/mol. The first-order valence-corrected chi connectivity index (χ1v) is 4.96. The monoisotopic (exact) mass is 233 g/mol. The average Bonchev–Trinajstić information content (AvgIpc) is 2.96. The summed E-state index contributed by atoms with van der Waals surface area (Å²) in [5.41, 5.74) is 4.50. The van der Waals surface area contributed by atoms with Crippen LogP contribution >= 0.6 is 0 Å². The number of nitrogens with two attached hydrogens (primary N) is 1. The van der Waals surface area contributed by atoms with Gasteiger partial charge in [0.1, 0.15) is 5.82 Å². The summed E-state index contributed by atoms with van der Waals surface area (Å²) in [6, 6.07) is 2.66. The predicted molar refractivity (Wildman–Crippen MR) is 51.4 cm³/mol. The van der Waals surface area contributed by atoms with Crippen molar-refractivity contribution in [2.24, 2.45) is 5.73 Å². The van der Waals surface area contributed by atoms with Crippen molar-refractivity contribution in [1.29, 1.82) is 0 Å². The van der Waals surface area contributed by atoms with E-state index in [9.17, 15) is 17.6 Å². The van der Waals surface area contributed by atoms with Crippen molar-refractivity contribution in [2.75, 3.05) is 6.54 Å². The number of benzene rings is 1. The smallest absolute Gasteiger partial charge is 0.330 e. The molecule has 1 nitrogen and oxygen atoms in total. The van der Waals surface area contributed by atoms with E-state index in [0.29, 0.717) is 11.6 Å². The van der Waals surface area contributed by atoms with Gasteiger partial charge in [-0.05, 0) is 36.6 Å². The van der Waals surface area contributed by atoms with Crippen LogP contribution in [0.3, 0.4) is 0 Å². The summed E-state index contributed by atoms with van der Waals surface area (Å²) in [6.45, 7) is 0.258. The average molecular weight is 233 g/mol. The van der Waals surface area contributed by atoms with Gasteiger partial charge >= 0.3 is 6.18 Å². The Labute approximate surface area is 90.3 Å². The number of halogens is 4. The Hall–Kier alpha value is -1.10. The standard InChI is InChI=1S/C11H11F4N/c12-9-4-7(10(6-16)1-2-10)3-8(5-9)11(13,14)15/h3-5H,1-2,6,16H2. The van der Waals surface area contributed by atoms with Gasteiger partial charge in [0.05, 0.1) is 5.56 Å². The molecule has 2 N–H and O–H groups in total. The van der Waals surface area contributed by atoms with Gasteiger partial charge in [0.2, 0.25) is 0 Å². The van der Waals surface area contributed by atoms with Gasteiger partial charge in [-0.25, -0.2) is 4.39 Å². The molecule has 0 heterocycles. The molecule has 16 heavy (non-hydrogen) atoms. The first kappa shape index (κ1) is 11.4. The molecule has 1 saturated carbocycles. The second-order valence-corrected chi connectivity index (χ2v) is 4.21. The van der Waals surface area contributed by atoms with Gasteiger partial charge in [0, 0.05) is 12.0 Å². The van der Waals surface area contributed by atoms with Crippen molar-refractivity contribution in [3.05, 3.63) is 35.1 Å². The summed E-state index contributed by atoms with van der Waals surface area (Å²) in [5.74, 6) is -0.857. The molecule has 0 amide bonds. The molecule has 5 heteroatoms. The Morgan fingerprint density at radius 3 is 2.25 bits per heavy atom. The second kappa shape index (κ2) is 3.45. The van der Waals surface area contributed by atoms with E-state index >= 15 is 0 Å². The van der Waals surface area contributed by atoms with E-state index in [1.807, 2.05) is 0 Å². The van der Waals surface area contributed by atoms with Crippen LogP contribution in [0.4, 0.5) is 17.6 Å². The summed E-state index contributed by atoms with van der Waals surface area (Å²) in [7, 11) is 0. The van der Waals surface area contributed by atoms with Gasteiger partial charge in [-0.3, -0.25) is 0 Å². The maximum atomic E-state index is 13.1. The van der Waals surface area contributed by atoms with E-state index in [0.717, 1.165) is 25.0 Å². The van der Waals surface area contributed by atoms with Gasteiger partial charge in [-0.2, -0.15) is 13.2 Å². The molecule has 1 fully saturated rings. The third kappa shape index (κ3) is 1.91. The largest absolute Gasteiger partial charge is 0.416 e. The van der Waals surface area contributed by atoms with Crippen LogP contribution in [-0.4, -0.2) is 6.54 Å². The Balaban J connectivity index is 2.45. The summed E-state index contributed by atoms with van der Waals surface area (Å²) < 4.78 is 50.5. The van der Waals surface area contributed by atoms with Gasteiger partial charge in [0.15, 0.2) is 0 Å². The molecule has 1 aliphatic carbocycles. The molecule has 0 unspecified atom stereocenters. The van der Waals surface area contributed by atoms with Crippen molar-refractivity contribution in [3.8, 4) is 0 Å². The summed E-state index contributed by atoms with van der Waals surface area (Å²) >= 11 is 0. The summed E-state index contributed by atoms with van der Waals surface area (Å²) in [5, 5.41) is 0. The highest BCUT2D eigenvalue weighted by atomic mass is 19.4. The lowest BCUT2D eigenvalue weighted by atomic mass is 9.94. The van der Waals surface area contributed by atoms with E-state index in [4.69, 9.17) is 5.73 Å². The Kier molecular flexibility index (Phi) is 2.45. The van der Waals surface area contributed by atoms with Crippen LogP contribution in [0.15, 0.2) is 18.2 Å². The topological polar surface area (TPSA) is 26.0 Å². The van der Waals surface area contributed by atoms with Crippen molar-refractivity contribution in [2.45, 2.75) is 24.4 Å². The zero-order chi connectivity index (χ0) is 12.0. The molecule has 0 bridgehead atoms. The van der Waals surface area contributed by atoms with Crippen LogP contribution in [0.1, 0.15) is 24.0 Å². The van der Waals surface area contributed by atoms with Crippen LogP contribution in [0.2, 0.25) is 0 Å². The molecule has 0 aromatic heterocycles. The zero-order valence-electron chi connectivity index (χ0n) is 8.44. The van der Waals surface area contributed by atoms with Crippen molar-refractivity contribution in [3.63, 3.8) is 0 Å². The zero-order valence-corrected chi connectivity index (χ0v) is 8.44. The molecule has 1 aromatic carbocycles. The van der Waals surface area contributed by atoms with Crippen molar-refractivity contribution < 1.29 is 17.6 Å². The van der Waals surface area contributed by atoms with E-state index in [1.54, 1.807) is 0 Å². The normalized spacial score (nSPS) is 18.6. The van der Waals surface area contributed by atoms with E-state index in [1.165, 1.54) is 0 Å². The van der Waals surface area contributed by atoms with Crippen LogP contribution < -0.4 is 5.73 Å². The molecule has 1 aliphatic rings. The highest BCUT2D eigenvalue weighted by molar-refractivity contribution is 5.36. The van der Waals surface area contributed by atoms with Gasteiger partial charge in [-0.1, -0.05) is 0 Å². The maximum Gasteiger partial charge on any atom is 0.416 e. The Bertz CT molecular complexity index is 407. The molecule has 0 radical (unpaired) electrons. The molecule has 1 aromatic rings. The molecular formula is C11H11F4N. The van der Waals surface area contributed by atoms with Crippen LogP contribution in [0.25, 0.3) is 0 Å². The lowest BCUT2D eigenvalue weighted by molar-refractivity contribution is -0.137. The van der Waals surface area contributed by atoms with Crippen LogP contribution in [0.5, 0.6) is 0 Å². The second-order valence-electron chi connectivity index (χ2n) is 4.21. The number of hydrogen-bond acceptors (Lipinski definition) is 1. The fourth-order valence-electron chi connectivity index (χ4n) is 1.82.